The Bertz CT molecular complexity index is 627. The zero-order valence-corrected chi connectivity index (χ0v) is 15.1. The van der Waals surface area contributed by atoms with E-state index in [1.807, 2.05) is 11.8 Å². The highest BCUT2D eigenvalue weighted by Gasteiger charge is 2.25. The van der Waals surface area contributed by atoms with Crippen LogP contribution in [0.15, 0.2) is 18.2 Å². The van der Waals surface area contributed by atoms with Crippen LogP contribution in [0.4, 0.5) is 11.4 Å². The average molecular weight is 349 g/mol. The number of aliphatic hydroxyl groups excluding tert-OH is 1. The van der Waals surface area contributed by atoms with Crippen LogP contribution in [0.3, 0.4) is 0 Å². The molecule has 2 atom stereocenters. The molecule has 1 aliphatic rings. The molecule has 138 valence electrons. The quantitative estimate of drug-likeness (QED) is 0.608. The molecule has 0 aliphatic carbocycles. The van der Waals surface area contributed by atoms with Crippen LogP contribution < -0.4 is 10.2 Å². The van der Waals surface area contributed by atoms with Gasteiger partial charge in [0, 0.05) is 37.4 Å². The monoisotopic (exact) mass is 349 g/mol. The van der Waals surface area contributed by atoms with Gasteiger partial charge in [-0.25, -0.2) is 0 Å². The summed E-state index contributed by atoms with van der Waals surface area (Å²) in [4.78, 5) is 25.4. The molecule has 1 aliphatic heterocycles. The van der Waals surface area contributed by atoms with E-state index in [9.17, 15) is 14.9 Å². The number of nitro benzene ring substituents is 1. The number of piperidine rings is 1. The highest BCUT2D eigenvalue weighted by molar-refractivity contribution is 5.96. The zero-order valence-electron chi connectivity index (χ0n) is 15.1. The standard InChI is InChI=1S/C18H27N3O4/c1-12-6-8-20(9-7-12)16-5-4-15(10-17(16)21(24)25)18(23)19-14(3)13(2)11-22/h4-5,10,12-14,22H,6-9,11H2,1-3H3,(H,19,23). The van der Waals surface area contributed by atoms with Crippen molar-refractivity contribution in [1.82, 2.24) is 5.32 Å². The van der Waals surface area contributed by atoms with Gasteiger partial charge in [0.05, 0.1) is 4.92 Å². The van der Waals surface area contributed by atoms with E-state index in [2.05, 4.69) is 12.2 Å². The fraction of sp³-hybridized carbons (Fsp3) is 0.611. The van der Waals surface area contributed by atoms with Gasteiger partial charge < -0.3 is 15.3 Å². The summed E-state index contributed by atoms with van der Waals surface area (Å²) in [7, 11) is 0. The van der Waals surface area contributed by atoms with Gasteiger partial charge in [-0.2, -0.15) is 0 Å². The van der Waals surface area contributed by atoms with Crippen molar-refractivity contribution in [3.05, 3.63) is 33.9 Å². The molecule has 1 amide bonds. The molecular formula is C18H27N3O4. The second-order valence-corrected chi connectivity index (χ2v) is 7.05. The number of hydrogen-bond acceptors (Lipinski definition) is 5. The van der Waals surface area contributed by atoms with E-state index in [4.69, 9.17) is 5.11 Å². The third-order valence-corrected chi connectivity index (χ3v) is 5.06. The number of aliphatic hydroxyl groups is 1. The predicted octanol–water partition coefficient (Wildman–Crippen LogP) is 2.58. The number of benzene rings is 1. The number of hydrogen-bond donors (Lipinski definition) is 2. The SMILES string of the molecule is CC1CCN(c2ccc(C(=O)NC(C)C(C)CO)cc2[N+](=O)[O-])CC1. The van der Waals surface area contributed by atoms with E-state index in [0.717, 1.165) is 25.9 Å². The van der Waals surface area contributed by atoms with Gasteiger partial charge in [0.1, 0.15) is 5.69 Å². The number of nitro groups is 1. The zero-order chi connectivity index (χ0) is 18.6. The minimum Gasteiger partial charge on any atom is -0.396 e. The lowest BCUT2D eigenvalue weighted by molar-refractivity contribution is -0.384. The van der Waals surface area contributed by atoms with Crippen molar-refractivity contribution in [2.45, 2.75) is 39.7 Å². The number of carbonyl (C=O) groups is 1. The number of anilines is 1. The van der Waals surface area contributed by atoms with Crippen molar-refractivity contribution in [3.63, 3.8) is 0 Å². The fourth-order valence-corrected chi connectivity index (χ4v) is 2.92. The molecule has 7 heteroatoms. The lowest BCUT2D eigenvalue weighted by Gasteiger charge is -2.31. The van der Waals surface area contributed by atoms with E-state index in [0.29, 0.717) is 11.6 Å². The Hall–Kier alpha value is -2.15. The molecule has 0 aromatic heterocycles. The summed E-state index contributed by atoms with van der Waals surface area (Å²) in [6.45, 7) is 7.36. The molecule has 1 saturated heterocycles. The summed E-state index contributed by atoms with van der Waals surface area (Å²) in [5, 5.41) is 23.4. The average Bonchev–Trinajstić information content (AvgIpc) is 2.61. The van der Waals surface area contributed by atoms with Gasteiger partial charge in [-0.3, -0.25) is 14.9 Å². The topological polar surface area (TPSA) is 95.7 Å². The number of nitrogens with one attached hydrogen (secondary N) is 1. The molecule has 1 heterocycles. The largest absolute Gasteiger partial charge is 0.396 e. The Morgan fingerprint density at radius 3 is 2.60 bits per heavy atom. The number of carbonyl (C=O) groups excluding carboxylic acids is 1. The summed E-state index contributed by atoms with van der Waals surface area (Å²) < 4.78 is 0. The second-order valence-electron chi connectivity index (χ2n) is 7.05. The summed E-state index contributed by atoms with van der Waals surface area (Å²) >= 11 is 0. The van der Waals surface area contributed by atoms with Crippen LogP contribution in [-0.2, 0) is 0 Å². The van der Waals surface area contributed by atoms with Gasteiger partial charge in [-0.15, -0.1) is 0 Å². The maximum Gasteiger partial charge on any atom is 0.293 e. The van der Waals surface area contributed by atoms with E-state index in [1.54, 1.807) is 19.1 Å². The molecule has 0 bridgehead atoms. The number of rotatable bonds is 6. The van der Waals surface area contributed by atoms with Gasteiger partial charge in [0.2, 0.25) is 0 Å². The summed E-state index contributed by atoms with van der Waals surface area (Å²) in [6, 6.07) is 4.42. The first kappa shape index (κ1) is 19.2. The molecule has 7 nitrogen and oxygen atoms in total. The first-order valence-electron chi connectivity index (χ1n) is 8.78. The van der Waals surface area contributed by atoms with E-state index >= 15 is 0 Å². The lowest BCUT2D eigenvalue weighted by Crippen LogP contribution is -2.38. The third kappa shape index (κ3) is 4.69. The van der Waals surface area contributed by atoms with Crippen LogP contribution in [0, 0.1) is 22.0 Å². The van der Waals surface area contributed by atoms with Crippen LogP contribution in [0.25, 0.3) is 0 Å². The molecule has 0 radical (unpaired) electrons. The van der Waals surface area contributed by atoms with E-state index in [1.165, 1.54) is 6.07 Å². The van der Waals surface area contributed by atoms with Crippen LogP contribution in [0.2, 0.25) is 0 Å². The summed E-state index contributed by atoms with van der Waals surface area (Å²) in [5.41, 5.74) is 0.799. The maximum absolute atomic E-state index is 12.4. The van der Waals surface area contributed by atoms with Crippen LogP contribution in [0.5, 0.6) is 0 Å². The fourth-order valence-electron chi connectivity index (χ4n) is 2.92. The lowest BCUT2D eigenvalue weighted by atomic mass is 9.98. The molecule has 25 heavy (non-hydrogen) atoms. The molecule has 0 spiro atoms. The van der Waals surface area contributed by atoms with Crippen molar-refractivity contribution in [2.75, 3.05) is 24.6 Å². The Balaban J connectivity index is 2.20. The van der Waals surface area contributed by atoms with Crippen molar-refractivity contribution >= 4 is 17.3 Å². The first-order valence-corrected chi connectivity index (χ1v) is 8.78. The summed E-state index contributed by atoms with van der Waals surface area (Å²) in [5.74, 6) is 0.179. The Kier molecular flexibility index (Phi) is 6.36. The Morgan fingerprint density at radius 2 is 2.04 bits per heavy atom. The minimum absolute atomic E-state index is 0.0338. The normalized spacial score (nSPS) is 17.8. The van der Waals surface area contributed by atoms with Gasteiger partial charge in [0.15, 0.2) is 0 Å². The van der Waals surface area contributed by atoms with Crippen molar-refractivity contribution in [2.24, 2.45) is 11.8 Å². The van der Waals surface area contributed by atoms with E-state index in [-0.39, 0.29) is 35.7 Å². The van der Waals surface area contributed by atoms with Gasteiger partial charge in [-0.1, -0.05) is 13.8 Å². The summed E-state index contributed by atoms with van der Waals surface area (Å²) in [6.07, 6.45) is 2.02. The molecule has 1 fully saturated rings. The molecule has 0 saturated carbocycles. The van der Waals surface area contributed by atoms with Crippen molar-refractivity contribution in [1.29, 1.82) is 0 Å². The highest BCUT2D eigenvalue weighted by atomic mass is 16.6. The van der Waals surface area contributed by atoms with Crippen molar-refractivity contribution in [3.8, 4) is 0 Å². The minimum atomic E-state index is -0.427. The van der Waals surface area contributed by atoms with Crippen LogP contribution >= 0.6 is 0 Å². The van der Waals surface area contributed by atoms with Crippen LogP contribution in [-0.4, -0.2) is 41.7 Å². The Labute approximate surface area is 148 Å². The molecule has 2 unspecified atom stereocenters. The number of nitrogens with zero attached hydrogens (tertiary/aromatic N) is 2. The maximum atomic E-state index is 12.4. The smallest absolute Gasteiger partial charge is 0.293 e. The number of amides is 1. The molecule has 2 rings (SSSR count). The molecule has 1 aromatic rings. The molecular weight excluding hydrogens is 322 g/mol. The van der Waals surface area contributed by atoms with Gasteiger partial charge >= 0.3 is 0 Å². The third-order valence-electron chi connectivity index (χ3n) is 5.06. The second kappa shape index (κ2) is 8.29. The van der Waals surface area contributed by atoms with Gasteiger partial charge in [-0.05, 0) is 43.7 Å². The Morgan fingerprint density at radius 1 is 1.40 bits per heavy atom. The van der Waals surface area contributed by atoms with Crippen LogP contribution in [0.1, 0.15) is 44.0 Å². The molecule has 1 aromatic carbocycles. The van der Waals surface area contributed by atoms with Crippen molar-refractivity contribution < 1.29 is 14.8 Å². The molecule has 2 N–H and O–H groups in total. The van der Waals surface area contributed by atoms with Gasteiger partial charge in [0.25, 0.3) is 11.6 Å². The first-order chi connectivity index (χ1) is 11.8. The highest BCUT2D eigenvalue weighted by Crippen LogP contribution is 2.32. The van der Waals surface area contributed by atoms with E-state index < -0.39 is 4.92 Å². The predicted molar refractivity (Wildman–Crippen MR) is 96.9 cm³/mol.